The van der Waals surface area contributed by atoms with Crippen LogP contribution in [-0.2, 0) is 0 Å². The van der Waals surface area contributed by atoms with Crippen molar-refractivity contribution in [1.82, 2.24) is 9.88 Å². The number of carbonyl (C=O) groups is 1. The molecule has 1 saturated heterocycles. The quantitative estimate of drug-likeness (QED) is 0.906. The number of amides is 1. The van der Waals surface area contributed by atoms with Crippen molar-refractivity contribution < 1.29 is 4.79 Å². The standard InChI is InChI=1S/C15H23N3O/c1-4-17-13-10-16-8-7-12(13)15(19)18-9-5-6-14(18)11(2)3/h7-8,10-11,14,17H,4-6,9H2,1-3H3. The van der Waals surface area contributed by atoms with Crippen LogP contribution in [0.25, 0.3) is 0 Å². The van der Waals surface area contributed by atoms with E-state index in [4.69, 9.17) is 0 Å². The Morgan fingerprint density at radius 1 is 1.58 bits per heavy atom. The molecule has 2 heterocycles. The molecule has 19 heavy (non-hydrogen) atoms. The van der Waals surface area contributed by atoms with Crippen LogP contribution in [0.15, 0.2) is 18.5 Å². The van der Waals surface area contributed by atoms with Gasteiger partial charge in [0, 0.05) is 25.3 Å². The van der Waals surface area contributed by atoms with Crippen molar-refractivity contribution in [2.75, 3.05) is 18.4 Å². The maximum atomic E-state index is 12.7. The molecule has 1 aliphatic heterocycles. The fourth-order valence-corrected chi connectivity index (χ4v) is 2.80. The molecule has 1 aromatic rings. The minimum absolute atomic E-state index is 0.134. The van der Waals surface area contributed by atoms with Crippen molar-refractivity contribution in [3.05, 3.63) is 24.0 Å². The van der Waals surface area contributed by atoms with Gasteiger partial charge in [-0.2, -0.15) is 0 Å². The number of carbonyl (C=O) groups excluding carboxylic acids is 1. The van der Waals surface area contributed by atoms with Crippen LogP contribution in [0.1, 0.15) is 44.0 Å². The van der Waals surface area contributed by atoms with Crippen LogP contribution in [0.4, 0.5) is 5.69 Å². The fourth-order valence-electron chi connectivity index (χ4n) is 2.80. The van der Waals surface area contributed by atoms with Gasteiger partial charge < -0.3 is 10.2 Å². The van der Waals surface area contributed by atoms with E-state index in [1.54, 1.807) is 12.4 Å². The van der Waals surface area contributed by atoms with E-state index in [1.807, 2.05) is 17.9 Å². The van der Waals surface area contributed by atoms with Crippen molar-refractivity contribution in [1.29, 1.82) is 0 Å². The number of anilines is 1. The summed E-state index contributed by atoms with van der Waals surface area (Å²) in [6.45, 7) is 8.06. The van der Waals surface area contributed by atoms with Gasteiger partial charge in [-0.25, -0.2) is 0 Å². The van der Waals surface area contributed by atoms with E-state index in [-0.39, 0.29) is 5.91 Å². The number of aromatic nitrogens is 1. The van der Waals surface area contributed by atoms with Gasteiger partial charge in [0.15, 0.2) is 0 Å². The molecule has 1 atom stereocenters. The van der Waals surface area contributed by atoms with Crippen LogP contribution < -0.4 is 5.32 Å². The fraction of sp³-hybridized carbons (Fsp3) is 0.600. The molecule has 0 bridgehead atoms. The molecule has 1 aromatic heterocycles. The first-order valence-corrected chi connectivity index (χ1v) is 7.14. The molecular formula is C15H23N3O. The Hall–Kier alpha value is -1.58. The van der Waals surface area contributed by atoms with E-state index in [2.05, 4.69) is 24.1 Å². The van der Waals surface area contributed by atoms with E-state index in [1.165, 1.54) is 0 Å². The predicted molar refractivity (Wildman–Crippen MR) is 77.3 cm³/mol. The van der Waals surface area contributed by atoms with Crippen LogP contribution in [0.3, 0.4) is 0 Å². The molecule has 104 valence electrons. The number of hydrogen-bond donors (Lipinski definition) is 1. The van der Waals surface area contributed by atoms with E-state index in [0.29, 0.717) is 12.0 Å². The highest BCUT2D eigenvalue weighted by molar-refractivity contribution is 5.99. The predicted octanol–water partition coefficient (Wildman–Crippen LogP) is 2.77. The molecule has 1 fully saturated rings. The Balaban J connectivity index is 2.24. The molecule has 0 aromatic carbocycles. The molecular weight excluding hydrogens is 238 g/mol. The number of nitrogens with zero attached hydrogens (tertiary/aromatic N) is 2. The van der Waals surface area contributed by atoms with Crippen molar-refractivity contribution >= 4 is 11.6 Å². The van der Waals surface area contributed by atoms with Gasteiger partial charge in [-0.1, -0.05) is 13.8 Å². The molecule has 0 aliphatic carbocycles. The van der Waals surface area contributed by atoms with Gasteiger partial charge in [-0.3, -0.25) is 9.78 Å². The van der Waals surface area contributed by atoms with Gasteiger partial charge in [-0.05, 0) is 31.7 Å². The summed E-state index contributed by atoms with van der Waals surface area (Å²) in [6.07, 6.45) is 5.65. The lowest BCUT2D eigenvalue weighted by molar-refractivity contribution is 0.0702. The summed E-state index contributed by atoms with van der Waals surface area (Å²) in [4.78, 5) is 18.8. The van der Waals surface area contributed by atoms with E-state index in [0.717, 1.165) is 37.2 Å². The molecule has 4 heteroatoms. The smallest absolute Gasteiger partial charge is 0.256 e. The second-order valence-corrected chi connectivity index (χ2v) is 5.40. The van der Waals surface area contributed by atoms with E-state index in [9.17, 15) is 4.79 Å². The zero-order valence-electron chi connectivity index (χ0n) is 12.0. The van der Waals surface area contributed by atoms with Crippen LogP contribution in [0.5, 0.6) is 0 Å². The monoisotopic (exact) mass is 261 g/mol. The topological polar surface area (TPSA) is 45.2 Å². The van der Waals surface area contributed by atoms with Crippen LogP contribution in [0.2, 0.25) is 0 Å². The maximum Gasteiger partial charge on any atom is 0.256 e. The first kappa shape index (κ1) is 13.8. The SMILES string of the molecule is CCNc1cnccc1C(=O)N1CCCC1C(C)C. The molecule has 4 nitrogen and oxygen atoms in total. The van der Waals surface area contributed by atoms with Gasteiger partial charge in [0.2, 0.25) is 0 Å². The third-order valence-electron chi connectivity index (χ3n) is 3.75. The maximum absolute atomic E-state index is 12.7. The van der Waals surface area contributed by atoms with Gasteiger partial charge >= 0.3 is 0 Å². The third-order valence-corrected chi connectivity index (χ3v) is 3.75. The van der Waals surface area contributed by atoms with Crippen molar-refractivity contribution in [3.63, 3.8) is 0 Å². The summed E-state index contributed by atoms with van der Waals surface area (Å²) >= 11 is 0. The van der Waals surface area contributed by atoms with Gasteiger partial charge in [-0.15, -0.1) is 0 Å². The molecule has 0 spiro atoms. The lowest BCUT2D eigenvalue weighted by Crippen LogP contribution is -2.38. The Morgan fingerprint density at radius 2 is 2.37 bits per heavy atom. The van der Waals surface area contributed by atoms with Gasteiger partial charge in [0.05, 0.1) is 17.4 Å². The summed E-state index contributed by atoms with van der Waals surface area (Å²) in [6, 6.07) is 2.19. The number of rotatable bonds is 4. The van der Waals surface area contributed by atoms with E-state index < -0.39 is 0 Å². The lowest BCUT2D eigenvalue weighted by atomic mass is 10.0. The lowest BCUT2D eigenvalue weighted by Gasteiger charge is -2.28. The molecule has 0 saturated carbocycles. The number of pyridine rings is 1. The Kier molecular flexibility index (Phi) is 4.40. The average Bonchev–Trinajstić information content (AvgIpc) is 2.88. The second-order valence-electron chi connectivity index (χ2n) is 5.40. The van der Waals surface area contributed by atoms with Crippen molar-refractivity contribution in [2.45, 2.75) is 39.7 Å². The van der Waals surface area contributed by atoms with Crippen LogP contribution >= 0.6 is 0 Å². The highest BCUT2D eigenvalue weighted by atomic mass is 16.2. The number of likely N-dealkylation sites (tertiary alicyclic amines) is 1. The summed E-state index contributed by atoms with van der Waals surface area (Å²) in [5.41, 5.74) is 1.58. The van der Waals surface area contributed by atoms with E-state index >= 15 is 0 Å². The van der Waals surface area contributed by atoms with Gasteiger partial charge in [0.25, 0.3) is 5.91 Å². The minimum atomic E-state index is 0.134. The zero-order chi connectivity index (χ0) is 13.8. The largest absolute Gasteiger partial charge is 0.383 e. The zero-order valence-corrected chi connectivity index (χ0v) is 12.0. The first-order chi connectivity index (χ1) is 9.15. The number of hydrogen-bond acceptors (Lipinski definition) is 3. The summed E-state index contributed by atoms with van der Waals surface area (Å²) in [7, 11) is 0. The van der Waals surface area contributed by atoms with Crippen LogP contribution in [-0.4, -0.2) is 34.9 Å². The van der Waals surface area contributed by atoms with Gasteiger partial charge in [0.1, 0.15) is 0 Å². The first-order valence-electron chi connectivity index (χ1n) is 7.14. The van der Waals surface area contributed by atoms with Crippen molar-refractivity contribution in [2.24, 2.45) is 5.92 Å². The minimum Gasteiger partial charge on any atom is -0.383 e. The molecule has 1 N–H and O–H groups in total. The molecule has 1 aliphatic rings. The Labute approximate surface area is 115 Å². The second kappa shape index (κ2) is 6.04. The summed E-state index contributed by atoms with van der Waals surface area (Å²) < 4.78 is 0. The summed E-state index contributed by atoms with van der Waals surface area (Å²) in [5, 5.41) is 3.21. The summed E-state index contributed by atoms with van der Waals surface area (Å²) in [5.74, 6) is 0.644. The third kappa shape index (κ3) is 2.88. The average molecular weight is 261 g/mol. The molecule has 0 radical (unpaired) electrons. The number of nitrogens with one attached hydrogen (secondary N) is 1. The normalized spacial score (nSPS) is 18.9. The molecule has 1 amide bonds. The Bertz CT molecular complexity index is 445. The van der Waals surface area contributed by atoms with Crippen molar-refractivity contribution in [3.8, 4) is 0 Å². The molecule has 1 unspecified atom stereocenters. The highest BCUT2D eigenvalue weighted by Gasteiger charge is 2.32. The Morgan fingerprint density at radius 3 is 3.05 bits per heavy atom. The molecule has 2 rings (SSSR count). The van der Waals surface area contributed by atoms with Crippen LogP contribution in [0, 0.1) is 5.92 Å². The highest BCUT2D eigenvalue weighted by Crippen LogP contribution is 2.27.